The molecule has 4 nitrogen and oxygen atoms in total. The summed E-state index contributed by atoms with van der Waals surface area (Å²) >= 11 is 0. The van der Waals surface area contributed by atoms with E-state index in [0.717, 1.165) is 17.7 Å². The van der Waals surface area contributed by atoms with Crippen molar-refractivity contribution in [2.75, 3.05) is 13.1 Å². The van der Waals surface area contributed by atoms with Crippen LogP contribution in [0.2, 0.25) is 1.41 Å². The van der Waals surface area contributed by atoms with Gasteiger partial charge < -0.3 is 10.0 Å². The third-order valence-corrected chi connectivity index (χ3v) is 3.89. The molecule has 1 aliphatic heterocycles. The smallest absolute Gasteiger partial charge is 0.214 e. The second-order valence-corrected chi connectivity index (χ2v) is 5.62. The first-order valence-corrected chi connectivity index (χ1v) is 7.85. The molecule has 0 fully saturated rings. The van der Waals surface area contributed by atoms with Crippen LogP contribution in [0.3, 0.4) is 0 Å². The number of Topliss-reactive ketones (excluding diaryl/α,β-unsaturated/α-hetero) is 1. The molecule has 124 valence electrons. The van der Waals surface area contributed by atoms with Gasteiger partial charge in [0.05, 0.1) is 5.69 Å². The average Bonchev–Trinajstić information content (AvgIpc) is 2.61. The second kappa shape index (κ2) is 7.36. The molecular weight excluding hydrogens is 307 g/mol. The van der Waals surface area contributed by atoms with Crippen molar-refractivity contribution in [1.29, 1.82) is 0 Å². The van der Waals surface area contributed by atoms with E-state index < -0.39 is 5.82 Å². The lowest BCUT2D eigenvalue weighted by atomic mass is 10.1. The van der Waals surface area contributed by atoms with E-state index in [0.29, 0.717) is 30.1 Å². The molecule has 5 heteroatoms. The van der Waals surface area contributed by atoms with Gasteiger partial charge in [0, 0.05) is 23.7 Å². The van der Waals surface area contributed by atoms with E-state index in [9.17, 15) is 9.18 Å². The van der Waals surface area contributed by atoms with Gasteiger partial charge in [-0.25, -0.2) is 9.37 Å². The summed E-state index contributed by atoms with van der Waals surface area (Å²) in [5.41, 5.74) is 2.62. The quantitative estimate of drug-likeness (QED) is 0.856. The van der Waals surface area contributed by atoms with Crippen LogP contribution in [-0.2, 0) is 6.61 Å². The number of nitrogens with one attached hydrogen (secondary N) is 1. The lowest BCUT2D eigenvalue weighted by Crippen LogP contribution is -2.20. The predicted molar refractivity (Wildman–Crippen MR) is 90.4 cm³/mol. The molecule has 24 heavy (non-hydrogen) atoms. The minimum Gasteiger partial charge on any atom is -0.473 e. The number of carbonyl (C=O) groups is 1. The van der Waals surface area contributed by atoms with Crippen molar-refractivity contribution < 1.29 is 15.3 Å². The summed E-state index contributed by atoms with van der Waals surface area (Å²) < 4.78 is 27.2. The molecule has 1 aromatic carbocycles. The number of nitrogens with zero attached hydrogens (tertiary/aromatic N) is 1. The SMILES string of the molecule is [2H]N1CC=C(c2cccc(OCc3ccc(C(C)=O)cc3F)n2)CC1. The fourth-order valence-corrected chi connectivity index (χ4v) is 2.51. The second-order valence-electron chi connectivity index (χ2n) is 5.62. The molecule has 0 amide bonds. The van der Waals surface area contributed by atoms with Crippen LogP contribution in [0.15, 0.2) is 42.5 Å². The number of aromatic nitrogens is 1. The first-order valence-electron chi connectivity index (χ1n) is 8.30. The molecule has 1 aromatic heterocycles. The van der Waals surface area contributed by atoms with E-state index in [2.05, 4.69) is 4.98 Å². The van der Waals surface area contributed by atoms with Crippen molar-refractivity contribution in [2.45, 2.75) is 20.0 Å². The number of benzene rings is 1. The molecule has 0 atom stereocenters. The van der Waals surface area contributed by atoms with Crippen LogP contribution in [0, 0.1) is 5.82 Å². The fraction of sp³-hybridized carbons (Fsp3) is 0.263. The highest BCUT2D eigenvalue weighted by Gasteiger charge is 2.10. The molecular formula is C19H19FN2O2. The maximum Gasteiger partial charge on any atom is 0.214 e. The van der Waals surface area contributed by atoms with Gasteiger partial charge in [-0.2, -0.15) is 0 Å². The van der Waals surface area contributed by atoms with E-state index in [1.807, 2.05) is 18.2 Å². The number of ketones is 1. The van der Waals surface area contributed by atoms with Crippen molar-refractivity contribution in [3.05, 3.63) is 65.1 Å². The molecule has 0 unspecified atom stereocenters. The summed E-state index contributed by atoms with van der Waals surface area (Å²) in [5.74, 6) is -0.219. The molecule has 2 aromatic rings. The third-order valence-electron chi connectivity index (χ3n) is 3.89. The number of halogens is 1. The van der Waals surface area contributed by atoms with E-state index in [1.54, 1.807) is 18.2 Å². The Kier molecular flexibility index (Phi) is 4.61. The molecule has 2 heterocycles. The van der Waals surface area contributed by atoms with Gasteiger partial charge in [0.1, 0.15) is 13.8 Å². The van der Waals surface area contributed by atoms with Crippen LogP contribution < -0.4 is 10.0 Å². The van der Waals surface area contributed by atoms with Crippen molar-refractivity contribution in [3.63, 3.8) is 0 Å². The van der Waals surface area contributed by atoms with Crippen LogP contribution in [0.5, 0.6) is 5.88 Å². The van der Waals surface area contributed by atoms with E-state index >= 15 is 0 Å². The Morgan fingerprint density at radius 1 is 1.42 bits per heavy atom. The van der Waals surface area contributed by atoms with Gasteiger partial charge in [-0.3, -0.25) is 4.79 Å². The number of rotatable bonds is 5. The van der Waals surface area contributed by atoms with Gasteiger partial charge in [-0.15, -0.1) is 0 Å². The van der Waals surface area contributed by atoms with Crippen molar-refractivity contribution >= 4 is 11.4 Å². The Balaban J connectivity index is 1.70. The first kappa shape index (κ1) is 15.0. The highest BCUT2D eigenvalue weighted by Crippen LogP contribution is 2.21. The van der Waals surface area contributed by atoms with Gasteiger partial charge >= 0.3 is 0 Å². The topological polar surface area (TPSA) is 51.2 Å². The van der Waals surface area contributed by atoms with Crippen molar-refractivity contribution in [2.24, 2.45) is 0 Å². The minimum absolute atomic E-state index is 0.0417. The largest absolute Gasteiger partial charge is 0.473 e. The van der Waals surface area contributed by atoms with Crippen molar-refractivity contribution in [3.8, 4) is 5.88 Å². The normalized spacial score (nSPS) is 15.6. The standard InChI is InChI=1S/C19H19FN2O2/c1-13(23)15-5-6-16(17(20)11-15)12-24-19-4-2-3-18(22-19)14-7-9-21-10-8-14/h2-7,11,21H,8-10,12H2,1H3/i/hD. The zero-order valence-electron chi connectivity index (χ0n) is 14.5. The van der Waals surface area contributed by atoms with Gasteiger partial charge in [-0.05, 0) is 37.6 Å². The molecule has 1 aliphatic rings. The number of hydrogen-bond acceptors (Lipinski definition) is 4. The molecule has 0 spiro atoms. The summed E-state index contributed by atoms with van der Waals surface area (Å²) in [6.45, 7) is 2.70. The first-order chi connectivity index (χ1) is 12.0. The van der Waals surface area contributed by atoms with Crippen LogP contribution in [0.1, 0.15) is 35.0 Å². The molecule has 0 radical (unpaired) electrons. The summed E-state index contributed by atoms with van der Waals surface area (Å²) in [4.78, 5) is 15.7. The van der Waals surface area contributed by atoms with Crippen molar-refractivity contribution in [1.82, 2.24) is 10.3 Å². The molecule has 0 bridgehead atoms. The van der Waals surface area contributed by atoms with E-state index in [4.69, 9.17) is 6.15 Å². The Labute approximate surface area is 141 Å². The third kappa shape index (κ3) is 3.86. The number of ether oxygens (including phenoxy) is 1. The number of carbonyl (C=O) groups excluding carboxylic acids is 1. The Hall–Kier alpha value is -2.53. The maximum absolute atomic E-state index is 14.0. The highest BCUT2D eigenvalue weighted by atomic mass is 19.1. The average molecular weight is 327 g/mol. The van der Waals surface area contributed by atoms with Crippen LogP contribution >= 0.6 is 0 Å². The van der Waals surface area contributed by atoms with Crippen LogP contribution in [-0.4, -0.2) is 23.9 Å². The Morgan fingerprint density at radius 2 is 2.29 bits per heavy atom. The van der Waals surface area contributed by atoms with Gasteiger partial charge in [0.2, 0.25) is 5.88 Å². The summed E-state index contributed by atoms with van der Waals surface area (Å²) in [5, 5.41) is 1.50. The van der Waals surface area contributed by atoms with Gasteiger partial charge in [0.15, 0.2) is 5.78 Å². The summed E-state index contributed by atoms with van der Waals surface area (Å²) in [7, 11) is 0. The summed E-state index contributed by atoms with van der Waals surface area (Å²) in [6.07, 6.45) is 2.75. The highest BCUT2D eigenvalue weighted by molar-refractivity contribution is 5.94. The zero-order valence-corrected chi connectivity index (χ0v) is 13.5. The fourth-order valence-electron chi connectivity index (χ4n) is 2.51. The van der Waals surface area contributed by atoms with E-state index in [-0.39, 0.29) is 12.4 Å². The monoisotopic (exact) mass is 327 g/mol. The molecule has 0 aliphatic carbocycles. The molecule has 3 rings (SSSR count). The summed E-state index contributed by atoms with van der Waals surface area (Å²) in [6, 6.07) is 9.85. The lowest BCUT2D eigenvalue weighted by molar-refractivity contribution is 0.101. The van der Waals surface area contributed by atoms with Crippen LogP contribution in [0.4, 0.5) is 4.39 Å². The van der Waals surface area contributed by atoms with Crippen LogP contribution in [0.25, 0.3) is 5.57 Å². The van der Waals surface area contributed by atoms with Gasteiger partial charge in [-0.1, -0.05) is 24.3 Å². The lowest BCUT2D eigenvalue weighted by Gasteiger charge is -2.14. The molecule has 0 saturated carbocycles. The molecule has 1 N–H and O–H groups in total. The number of pyridine rings is 1. The predicted octanol–water partition coefficient (Wildman–Crippen LogP) is 3.38. The Bertz CT molecular complexity index is 823. The minimum atomic E-state index is -0.464. The zero-order chi connectivity index (χ0) is 17.8. The maximum atomic E-state index is 14.0. The number of hydrogen-bond donors (Lipinski definition) is 1. The van der Waals surface area contributed by atoms with E-state index in [1.165, 1.54) is 18.3 Å². The molecule has 0 saturated heterocycles. The Morgan fingerprint density at radius 3 is 3.00 bits per heavy atom. The van der Waals surface area contributed by atoms with Gasteiger partial charge in [0.25, 0.3) is 0 Å².